The van der Waals surface area contributed by atoms with E-state index < -0.39 is 5.91 Å². The molecular weight excluding hydrogens is 384 g/mol. The molecule has 1 aromatic heterocycles. The van der Waals surface area contributed by atoms with E-state index in [1.54, 1.807) is 0 Å². The van der Waals surface area contributed by atoms with Crippen LogP contribution in [0.4, 0.5) is 11.6 Å². The topological polar surface area (TPSA) is 174 Å². The van der Waals surface area contributed by atoms with Crippen LogP contribution in [0.15, 0.2) is 4.99 Å². The van der Waals surface area contributed by atoms with Gasteiger partial charge in [0.1, 0.15) is 0 Å². The first kappa shape index (κ1) is 23.4. The molecule has 10 nitrogen and oxygen atoms in total. The number of halogens is 1. The van der Waals surface area contributed by atoms with Crippen LogP contribution in [0.25, 0.3) is 0 Å². The predicted octanol–water partition coefficient (Wildman–Crippen LogP) is 1.06. The van der Waals surface area contributed by atoms with E-state index in [1.165, 1.54) is 0 Å². The minimum atomic E-state index is -0.662. The number of hydrogen-bond acceptors (Lipinski definition) is 7. The Morgan fingerprint density at radius 1 is 1.11 bits per heavy atom. The summed E-state index contributed by atoms with van der Waals surface area (Å²) in [7, 11) is 0. The minimum Gasteiger partial charge on any atom is -0.382 e. The van der Waals surface area contributed by atoms with Crippen molar-refractivity contribution < 1.29 is 9.59 Å². The second kappa shape index (κ2) is 12.0. The molecule has 0 aromatic carbocycles. The van der Waals surface area contributed by atoms with Crippen molar-refractivity contribution in [3.05, 3.63) is 10.8 Å². The highest BCUT2D eigenvalue weighted by molar-refractivity contribution is 6.31. The van der Waals surface area contributed by atoms with Crippen molar-refractivity contribution in [2.45, 2.75) is 46.0 Å². The zero-order valence-electron chi connectivity index (χ0n) is 16.3. The number of nitrogens with zero attached hydrogens (tertiary/aromatic N) is 3. The maximum atomic E-state index is 12.1. The number of nitrogen functional groups attached to an aromatic ring is 2. The van der Waals surface area contributed by atoms with E-state index in [0.717, 1.165) is 25.7 Å². The maximum Gasteiger partial charge on any atom is 0.280 e. The normalized spacial score (nSPS) is 11.5. The average Bonchev–Trinajstić information content (AvgIpc) is 2.59. The first-order chi connectivity index (χ1) is 13.2. The van der Waals surface area contributed by atoms with Gasteiger partial charge in [0.15, 0.2) is 28.4 Å². The monoisotopic (exact) mass is 412 g/mol. The summed E-state index contributed by atoms with van der Waals surface area (Å²) in [6.07, 6.45) is 4.19. The van der Waals surface area contributed by atoms with Gasteiger partial charge < -0.3 is 22.5 Å². The van der Waals surface area contributed by atoms with E-state index in [9.17, 15) is 9.59 Å². The molecule has 0 unspecified atom stereocenters. The Hall–Kier alpha value is -2.62. The second-order valence-electron chi connectivity index (χ2n) is 6.72. The van der Waals surface area contributed by atoms with Crippen molar-refractivity contribution >= 4 is 41.0 Å². The van der Waals surface area contributed by atoms with Gasteiger partial charge in [-0.05, 0) is 18.8 Å². The van der Waals surface area contributed by atoms with Crippen LogP contribution in [-0.4, -0.2) is 40.8 Å². The highest BCUT2D eigenvalue weighted by atomic mass is 35.5. The lowest BCUT2D eigenvalue weighted by molar-refractivity contribution is -0.121. The SMILES string of the molecule is CC(C)CC(=O)NCCCCCCN=C(N)NC(=O)c1nc(Cl)c(N)nc1N. The minimum absolute atomic E-state index is 0.0416. The van der Waals surface area contributed by atoms with Gasteiger partial charge in [0.2, 0.25) is 5.91 Å². The molecule has 0 bridgehead atoms. The summed E-state index contributed by atoms with van der Waals surface area (Å²) in [5, 5.41) is 5.17. The molecule has 8 N–H and O–H groups in total. The van der Waals surface area contributed by atoms with E-state index in [2.05, 4.69) is 25.6 Å². The molecule has 0 atom stereocenters. The van der Waals surface area contributed by atoms with E-state index in [1.807, 2.05) is 13.8 Å². The number of amides is 2. The van der Waals surface area contributed by atoms with Crippen molar-refractivity contribution in [3.63, 3.8) is 0 Å². The van der Waals surface area contributed by atoms with E-state index in [4.69, 9.17) is 28.8 Å². The van der Waals surface area contributed by atoms with E-state index in [0.29, 0.717) is 25.4 Å². The zero-order chi connectivity index (χ0) is 21.1. The summed E-state index contributed by atoms with van der Waals surface area (Å²) in [4.78, 5) is 35.2. The van der Waals surface area contributed by atoms with Gasteiger partial charge in [0, 0.05) is 19.5 Å². The molecule has 0 saturated heterocycles. The zero-order valence-corrected chi connectivity index (χ0v) is 17.1. The van der Waals surface area contributed by atoms with Crippen LogP contribution < -0.4 is 27.8 Å². The fourth-order valence-electron chi connectivity index (χ4n) is 2.28. The first-order valence-corrected chi connectivity index (χ1v) is 9.55. The number of carbonyl (C=O) groups is 2. The molecule has 1 heterocycles. The highest BCUT2D eigenvalue weighted by Gasteiger charge is 2.16. The standard InChI is InChI=1S/C17H29ClN8O2/c1-10(2)9-11(27)22-7-5-3-4-6-8-23-17(21)26-16(28)12-14(19)25-15(20)13(18)24-12/h10H,3-9H2,1-2H3,(H,22,27)(H4,19,20,25)(H3,21,23,26,28). The third-order valence-corrected chi connectivity index (χ3v) is 3.92. The van der Waals surface area contributed by atoms with E-state index in [-0.39, 0.29) is 34.3 Å². The number of rotatable bonds is 10. The number of nitrogens with two attached hydrogens (primary N) is 3. The smallest absolute Gasteiger partial charge is 0.280 e. The number of aliphatic imine (C=N–C) groups is 1. The fourth-order valence-corrected chi connectivity index (χ4v) is 2.41. The summed E-state index contributed by atoms with van der Waals surface area (Å²) >= 11 is 5.74. The van der Waals surface area contributed by atoms with Gasteiger partial charge in [-0.25, -0.2) is 9.97 Å². The lowest BCUT2D eigenvalue weighted by atomic mass is 10.1. The Bertz CT molecular complexity index is 709. The molecule has 0 spiro atoms. The molecule has 11 heteroatoms. The average molecular weight is 413 g/mol. The Labute approximate surface area is 169 Å². The molecule has 156 valence electrons. The van der Waals surface area contributed by atoms with Gasteiger partial charge in [0.25, 0.3) is 5.91 Å². The molecule has 0 radical (unpaired) electrons. The maximum absolute atomic E-state index is 12.1. The van der Waals surface area contributed by atoms with E-state index >= 15 is 0 Å². The molecule has 0 fully saturated rings. The van der Waals surface area contributed by atoms with Gasteiger partial charge in [-0.3, -0.25) is 19.9 Å². The van der Waals surface area contributed by atoms with Crippen LogP contribution in [0.1, 0.15) is 56.4 Å². The molecule has 0 aliphatic carbocycles. The predicted molar refractivity (Wildman–Crippen MR) is 111 cm³/mol. The molecule has 2 amide bonds. The molecule has 0 saturated carbocycles. The van der Waals surface area contributed by atoms with Crippen LogP contribution in [0.2, 0.25) is 5.15 Å². The Morgan fingerprint density at radius 2 is 1.79 bits per heavy atom. The number of unbranched alkanes of at least 4 members (excludes halogenated alkanes) is 3. The van der Waals surface area contributed by atoms with Crippen molar-refractivity contribution in [2.24, 2.45) is 16.6 Å². The van der Waals surface area contributed by atoms with Gasteiger partial charge in [-0.15, -0.1) is 0 Å². The Morgan fingerprint density at radius 3 is 2.46 bits per heavy atom. The summed E-state index contributed by atoms with van der Waals surface area (Å²) < 4.78 is 0. The molecule has 0 aliphatic heterocycles. The second-order valence-corrected chi connectivity index (χ2v) is 7.07. The van der Waals surface area contributed by atoms with Crippen LogP contribution in [0.5, 0.6) is 0 Å². The van der Waals surface area contributed by atoms with Gasteiger partial charge in [-0.1, -0.05) is 38.3 Å². The van der Waals surface area contributed by atoms with Crippen molar-refractivity contribution in [1.82, 2.24) is 20.6 Å². The van der Waals surface area contributed by atoms with Crippen LogP contribution in [0.3, 0.4) is 0 Å². The Balaban J connectivity index is 2.24. The van der Waals surface area contributed by atoms with Crippen LogP contribution in [-0.2, 0) is 4.79 Å². The number of hydrogen-bond donors (Lipinski definition) is 5. The van der Waals surface area contributed by atoms with Gasteiger partial charge in [0.05, 0.1) is 0 Å². The third kappa shape index (κ3) is 8.85. The molecular formula is C17H29ClN8O2. The van der Waals surface area contributed by atoms with Crippen LogP contribution >= 0.6 is 11.6 Å². The quantitative estimate of drug-likeness (QED) is 0.217. The summed E-state index contributed by atoms with van der Waals surface area (Å²) in [5.74, 6) is -0.449. The fraction of sp³-hybridized carbons (Fsp3) is 0.588. The van der Waals surface area contributed by atoms with Crippen LogP contribution in [0, 0.1) is 5.92 Å². The number of anilines is 2. The number of guanidine groups is 1. The van der Waals surface area contributed by atoms with Crippen molar-refractivity contribution in [2.75, 3.05) is 24.6 Å². The number of aromatic nitrogens is 2. The molecule has 1 rings (SSSR count). The summed E-state index contributed by atoms with van der Waals surface area (Å²) in [5.41, 5.74) is 16.6. The lowest BCUT2D eigenvalue weighted by Gasteiger charge is -2.07. The van der Waals surface area contributed by atoms with Crippen molar-refractivity contribution in [1.29, 1.82) is 0 Å². The highest BCUT2D eigenvalue weighted by Crippen LogP contribution is 2.17. The largest absolute Gasteiger partial charge is 0.382 e. The molecule has 0 aliphatic rings. The first-order valence-electron chi connectivity index (χ1n) is 9.17. The number of nitrogens with one attached hydrogen (secondary N) is 2. The lowest BCUT2D eigenvalue weighted by Crippen LogP contribution is -2.38. The third-order valence-electron chi connectivity index (χ3n) is 3.64. The molecule has 28 heavy (non-hydrogen) atoms. The van der Waals surface area contributed by atoms with Gasteiger partial charge >= 0.3 is 0 Å². The van der Waals surface area contributed by atoms with Gasteiger partial charge in [-0.2, -0.15) is 0 Å². The molecule has 1 aromatic rings. The number of carbonyl (C=O) groups excluding carboxylic acids is 2. The van der Waals surface area contributed by atoms with Crippen molar-refractivity contribution in [3.8, 4) is 0 Å². The Kier molecular flexibility index (Phi) is 10.0. The summed E-state index contributed by atoms with van der Waals surface area (Å²) in [6, 6.07) is 0. The summed E-state index contributed by atoms with van der Waals surface area (Å²) in [6.45, 7) is 5.18.